The van der Waals surface area contributed by atoms with Crippen LogP contribution in [0.1, 0.15) is 25.0 Å². The molecule has 2 N–H and O–H groups in total. The number of carbonyl (C=O) groups is 2. The fourth-order valence-electron chi connectivity index (χ4n) is 3.24. The minimum Gasteiger partial charge on any atom is -0.406 e. The molecule has 0 radical (unpaired) electrons. The fourth-order valence-corrected chi connectivity index (χ4v) is 3.24. The highest BCUT2D eigenvalue weighted by atomic mass is 19.4. The highest BCUT2D eigenvalue weighted by Crippen LogP contribution is 2.39. The summed E-state index contributed by atoms with van der Waals surface area (Å²) >= 11 is 0. The molecule has 1 aliphatic heterocycles. The molecule has 2 aromatic carbocycles. The number of alkyl halides is 6. The Bertz CT molecular complexity index is 1050. The number of nitrogen functional groups attached to an aromatic ring is 1. The molecule has 1 fully saturated rings. The molecule has 0 aromatic heterocycles. The van der Waals surface area contributed by atoms with Crippen molar-refractivity contribution in [3.63, 3.8) is 0 Å². The molecular weight excluding hydrogens is 444 g/mol. The lowest BCUT2D eigenvalue weighted by Gasteiger charge is -2.27. The molecule has 2 aromatic rings. The number of nitrogens with two attached hydrogens (primary N) is 1. The Labute approximate surface area is 178 Å². The molecule has 0 aliphatic carbocycles. The molecule has 0 unspecified atom stereocenters. The zero-order chi connectivity index (χ0) is 24.1. The van der Waals surface area contributed by atoms with Crippen LogP contribution in [0.15, 0.2) is 42.5 Å². The van der Waals surface area contributed by atoms with Crippen LogP contribution in [0.25, 0.3) is 0 Å². The number of nitrogens with zero attached hydrogens (tertiary/aromatic N) is 2. The van der Waals surface area contributed by atoms with Crippen LogP contribution in [-0.2, 0) is 17.5 Å². The Morgan fingerprint density at radius 2 is 1.56 bits per heavy atom. The third-order valence-corrected chi connectivity index (χ3v) is 4.92. The molecule has 3 rings (SSSR count). The van der Waals surface area contributed by atoms with Gasteiger partial charge in [-0.2, -0.15) is 13.2 Å². The first-order chi connectivity index (χ1) is 14.6. The Hall–Kier alpha value is -3.44. The maximum Gasteiger partial charge on any atom is 0.573 e. The van der Waals surface area contributed by atoms with Gasteiger partial charge in [0.15, 0.2) is 0 Å². The van der Waals surface area contributed by atoms with Gasteiger partial charge in [-0.05, 0) is 49.7 Å². The average molecular weight is 461 g/mol. The maximum absolute atomic E-state index is 13.2. The van der Waals surface area contributed by atoms with Crippen molar-refractivity contribution >= 4 is 23.3 Å². The van der Waals surface area contributed by atoms with Gasteiger partial charge in [-0.1, -0.05) is 12.1 Å². The van der Waals surface area contributed by atoms with E-state index in [0.717, 1.165) is 29.2 Å². The van der Waals surface area contributed by atoms with Gasteiger partial charge in [0, 0.05) is 12.2 Å². The number of halogens is 6. The van der Waals surface area contributed by atoms with Gasteiger partial charge in [0.05, 0.1) is 11.3 Å². The minimum absolute atomic E-state index is 0.179. The number of amides is 3. The van der Waals surface area contributed by atoms with Gasteiger partial charge in [0.2, 0.25) is 0 Å². The largest absolute Gasteiger partial charge is 0.573 e. The van der Waals surface area contributed by atoms with Crippen molar-refractivity contribution in [2.24, 2.45) is 0 Å². The highest BCUT2D eigenvalue weighted by Gasteiger charge is 2.52. The number of hydrogen-bond acceptors (Lipinski definition) is 4. The number of anilines is 2. The van der Waals surface area contributed by atoms with Crippen LogP contribution in [0.5, 0.6) is 5.75 Å². The fraction of sp³-hybridized carbons (Fsp3) is 0.300. The van der Waals surface area contributed by atoms with E-state index in [0.29, 0.717) is 16.5 Å². The van der Waals surface area contributed by atoms with Crippen LogP contribution in [-0.4, -0.2) is 28.7 Å². The van der Waals surface area contributed by atoms with Gasteiger partial charge in [0.25, 0.3) is 5.91 Å². The Morgan fingerprint density at radius 1 is 0.969 bits per heavy atom. The number of hydrogen-bond donors (Lipinski definition) is 1. The molecular formula is C20H17F6N3O3. The lowest BCUT2D eigenvalue weighted by atomic mass is 10.0. The summed E-state index contributed by atoms with van der Waals surface area (Å²) in [6, 6.07) is 6.47. The monoisotopic (exact) mass is 461 g/mol. The molecule has 0 atom stereocenters. The molecule has 6 nitrogen and oxygen atoms in total. The van der Waals surface area contributed by atoms with Crippen molar-refractivity contribution in [1.82, 2.24) is 4.90 Å². The summed E-state index contributed by atoms with van der Waals surface area (Å²) in [6.07, 6.45) is -9.66. The van der Waals surface area contributed by atoms with Crippen LogP contribution in [0, 0.1) is 0 Å². The van der Waals surface area contributed by atoms with E-state index in [1.54, 1.807) is 0 Å². The molecule has 172 valence electrons. The smallest absolute Gasteiger partial charge is 0.406 e. The SMILES string of the molecule is CC1(C)C(=O)N(c2ccc(N)c(C(F)(F)F)c2)C(=O)N1Cc1ccc(OC(F)(F)F)cc1. The summed E-state index contributed by atoms with van der Waals surface area (Å²) in [5.74, 6) is -1.23. The first kappa shape index (κ1) is 23.2. The van der Waals surface area contributed by atoms with Gasteiger partial charge in [-0.3, -0.25) is 4.79 Å². The third-order valence-electron chi connectivity index (χ3n) is 4.92. The number of carbonyl (C=O) groups excluding carboxylic acids is 2. The van der Waals surface area contributed by atoms with Gasteiger partial charge < -0.3 is 15.4 Å². The van der Waals surface area contributed by atoms with E-state index < -0.39 is 47.0 Å². The zero-order valence-corrected chi connectivity index (χ0v) is 16.7. The second-order valence-corrected chi connectivity index (χ2v) is 7.53. The van der Waals surface area contributed by atoms with Crippen molar-refractivity contribution in [2.45, 2.75) is 38.5 Å². The summed E-state index contributed by atoms with van der Waals surface area (Å²) < 4.78 is 80.3. The van der Waals surface area contributed by atoms with Crippen LogP contribution in [0.4, 0.5) is 42.5 Å². The van der Waals surface area contributed by atoms with Crippen molar-refractivity contribution in [3.8, 4) is 5.75 Å². The van der Waals surface area contributed by atoms with Gasteiger partial charge in [-0.15, -0.1) is 13.2 Å². The van der Waals surface area contributed by atoms with E-state index in [-0.39, 0.29) is 12.2 Å². The van der Waals surface area contributed by atoms with E-state index in [2.05, 4.69) is 4.74 Å². The van der Waals surface area contributed by atoms with Gasteiger partial charge in [0.1, 0.15) is 11.3 Å². The normalized spacial score (nSPS) is 16.6. The van der Waals surface area contributed by atoms with Crippen LogP contribution >= 0.6 is 0 Å². The van der Waals surface area contributed by atoms with Gasteiger partial charge in [-0.25, -0.2) is 9.69 Å². The Kier molecular flexibility index (Phi) is 5.52. The quantitative estimate of drug-likeness (QED) is 0.398. The number of rotatable bonds is 4. The Balaban J connectivity index is 1.89. The van der Waals surface area contributed by atoms with Crippen LogP contribution in [0.2, 0.25) is 0 Å². The topological polar surface area (TPSA) is 75.9 Å². The molecule has 1 heterocycles. The second-order valence-electron chi connectivity index (χ2n) is 7.53. The summed E-state index contributed by atoms with van der Waals surface area (Å²) in [5.41, 5.74) is 2.28. The number of ether oxygens (including phenoxy) is 1. The standard InChI is InChI=1S/C20H17F6N3O3/c1-18(2)16(30)29(12-5-8-15(27)14(9-12)19(21,22)23)17(31)28(18)10-11-3-6-13(7-4-11)32-20(24,25)26/h3-9H,10,27H2,1-2H3. The predicted molar refractivity (Wildman–Crippen MR) is 101 cm³/mol. The van der Waals surface area contributed by atoms with Crippen LogP contribution in [0.3, 0.4) is 0 Å². The first-order valence-electron chi connectivity index (χ1n) is 9.09. The molecule has 0 spiro atoms. The number of imide groups is 1. The van der Waals surface area contributed by atoms with Gasteiger partial charge >= 0.3 is 18.6 Å². The lowest BCUT2D eigenvalue weighted by Crippen LogP contribution is -2.43. The molecule has 1 saturated heterocycles. The van der Waals surface area contributed by atoms with Crippen molar-refractivity contribution in [3.05, 3.63) is 53.6 Å². The molecule has 3 amide bonds. The highest BCUT2D eigenvalue weighted by molar-refractivity contribution is 6.23. The summed E-state index contributed by atoms with van der Waals surface area (Å²) in [5, 5.41) is 0. The van der Waals surface area contributed by atoms with Crippen LogP contribution < -0.4 is 15.4 Å². The number of urea groups is 1. The average Bonchev–Trinajstić information content (AvgIpc) is 2.81. The molecule has 32 heavy (non-hydrogen) atoms. The lowest BCUT2D eigenvalue weighted by molar-refractivity contribution is -0.274. The minimum atomic E-state index is -4.87. The van der Waals surface area contributed by atoms with Crippen molar-refractivity contribution in [2.75, 3.05) is 10.6 Å². The zero-order valence-electron chi connectivity index (χ0n) is 16.7. The molecule has 1 aliphatic rings. The number of benzene rings is 2. The second kappa shape index (κ2) is 7.61. The predicted octanol–water partition coefficient (Wildman–Crippen LogP) is 4.93. The molecule has 12 heteroatoms. The van der Waals surface area contributed by atoms with E-state index in [1.165, 1.54) is 26.0 Å². The first-order valence-corrected chi connectivity index (χ1v) is 9.09. The molecule has 0 bridgehead atoms. The van der Waals surface area contributed by atoms with E-state index >= 15 is 0 Å². The van der Waals surface area contributed by atoms with E-state index in [4.69, 9.17) is 5.73 Å². The maximum atomic E-state index is 13.2. The summed E-state index contributed by atoms with van der Waals surface area (Å²) in [7, 11) is 0. The van der Waals surface area contributed by atoms with E-state index in [1.807, 2.05) is 0 Å². The van der Waals surface area contributed by atoms with E-state index in [9.17, 15) is 35.9 Å². The Morgan fingerprint density at radius 3 is 2.09 bits per heavy atom. The molecule has 0 saturated carbocycles. The third kappa shape index (κ3) is 4.43. The van der Waals surface area contributed by atoms with Crippen molar-refractivity contribution < 1.29 is 40.7 Å². The summed E-state index contributed by atoms with van der Waals surface area (Å²) in [4.78, 5) is 27.6. The summed E-state index contributed by atoms with van der Waals surface area (Å²) in [6.45, 7) is 2.65. The van der Waals surface area contributed by atoms with Crippen molar-refractivity contribution in [1.29, 1.82) is 0 Å².